The molecule has 4 aromatic rings. The zero-order valence-electron chi connectivity index (χ0n) is 21.8. The van der Waals surface area contributed by atoms with E-state index in [1.54, 1.807) is 54.7 Å². The van der Waals surface area contributed by atoms with Crippen molar-refractivity contribution in [2.24, 2.45) is 0 Å². The van der Waals surface area contributed by atoms with E-state index < -0.39 is 16.0 Å². The van der Waals surface area contributed by atoms with Crippen LogP contribution in [-0.4, -0.2) is 46.8 Å². The van der Waals surface area contributed by atoms with Gasteiger partial charge < -0.3 is 16.0 Å². The Morgan fingerprint density at radius 3 is 2.23 bits per heavy atom. The molecule has 1 fully saturated rings. The highest BCUT2D eigenvalue weighted by Gasteiger charge is 2.29. The van der Waals surface area contributed by atoms with Crippen LogP contribution in [0.3, 0.4) is 0 Å². The van der Waals surface area contributed by atoms with Gasteiger partial charge in [0, 0.05) is 55.0 Å². The van der Waals surface area contributed by atoms with Crippen LogP contribution in [0.1, 0.15) is 24.0 Å². The third-order valence-electron chi connectivity index (χ3n) is 6.78. The smallest absolute Gasteiger partial charge is 0.243 e. The van der Waals surface area contributed by atoms with Crippen molar-refractivity contribution >= 4 is 33.2 Å². The maximum atomic E-state index is 14.0. The van der Waals surface area contributed by atoms with E-state index in [2.05, 4.69) is 30.9 Å². The molecule has 3 N–H and O–H groups in total. The van der Waals surface area contributed by atoms with Gasteiger partial charge in [-0.05, 0) is 86.0 Å². The fourth-order valence-electron chi connectivity index (χ4n) is 4.47. The van der Waals surface area contributed by atoms with Crippen LogP contribution in [0.15, 0.2) is 78.0 Å². The van der Waals surface area contributed by atoms with Gasteiger partial charge in [0.1, 0.15) is 11.6 Å². The molecular weight excluding hydrogens is 536 g/mol. The number of hydrogen-bond acceptors (Lipinski definition) is 8. The van der Waals surface area contributed by atoms with Crippen LogP contribution in [-0.2, 0) is 16.6 Å². The second-order valence-electron chi connectivity index (χ2n) is 9.50. The van der Waals surface area contributed by atoms with E-state index in [1.807, 2.05) is 6.92 Å². The highest BCUT2D eigenvalue weighted by atomic mass is 32.2. The van der Waals surface area contributed by atoms with Crippen LogP contribution in [0, 0.1) is 18.7 Å². The van der Waals surface area contributed by atoms with Gasteiger partial charge in [0.25, 0.3) is 0 Å². The molecule has 2 aromatic carbocycles. The minimum absolute atomic E-state index is 0.0883. The molecular formula is C28H29F2N7O2S. The monoisotopic (exact) mass is 565 g/mol. The number of hydrogen-bond donors (Lipinski definition) is 3. The highest BCUT2D eigenvalue weighted by molar-refractivity contribution is 7.89. The lowest BCUT2D eigenvalue weighted by Crippen LogP contribution is -2.44. The van der Waals surface area contributed by atoms with Crippen molar-refractivity contribution in [2.75, 3.05) is 23.7 Å². The number of piperidine rings is 1. The molecule has 5 rings (SSSR count). The first-order valence-electron chi connectivity index (χ1n) is 12.8. The number of sulfonamides is 1. The van der Waals surface area contributed by atoms with Gasteiger partial charge in [-0.1, -0.05) is 0 Å². The summed E-state index contributed by atoms with van der Waals surface area (Å²) in [4.78, 5) is 12.5. The fourth-order valence-corrected chi connectivity index (χ4v) is 5.94. The first kappa shape index (κ1) is 27.6. The molecule has 3 heterocycles. The molecule has 0 radical (unpaired) electrons. The SMILES string of the molecule is Cc1ccnc(F)c1CNC1CCN(S(=O)(=O)c2ccc(Nc3nccc(Nc4ccc(F)cc4)n3)cc2)CC1. The summed E-state index contributed by atoms with van der Waals surface area (Å²) in [6, 6.07) is 15.9. The summed E-state index contributed by atoms with van der Waals surface area (Å²) in [6.45, 7) is 2.94. The quantitative estimate of drug-likeness (QED) is 0.246. The lowest BCUT2D eigenvalue weighted by Gasteiger charge is -2.32. The second kappa shape index (κ2) is 12.0. The zero-order valence-corrected chi connectivity index (χ0v) is 22.6. The van der Waals surface area contributed by atoms with Gasteiger partial charge in [0.2, 0.25) is 21.9 Å². The molecule has 208 valence electrons. The van der Waals surface area contributed by atoms with Crippen molar-refractivity contribution in [3.63, 3.8) is 0 Å². The predicted molar refractivity (Wildman–Crippen MR) is 149 cm³/mol. The number of aryl methyl sites for hydroxylation is 1. The number of benzene rings is 2. The Hall–Kier alpha value is -4.00. The summed E-state index contributed by atoms with van der Waals surface area (Å²) in [5.74, 6) is 0.0270. The second-order valence-corrected chi connectivity index (χ2v) is 11.4. The molecule has 0 bridgehead atoms. The normalized spacial score (nSPS) is 14.7. The van der Waals surface area contributed by atoms with Crippen molar-refractivity contribution in [1.29, 1.82) is 0 Å². The Balaban J connectivity index is 1.16. The van der Waals surface area contributed by atoms with Crippen LogP contribution >= 0.6 is 0 Å². The van der Waals surface area contributed by atoms with Crippen molar-refractivity contribution in [3.8, 4) is 0 Å². The molecule has 1 aliphatic heterocycles. The number of halogens is 2. The summed E-state index contributed by atoms with van der Waals surface area (Å²) in [6.07, 6.45) is 4.27. The molecule has 12 heteroatoms. The number of anilines is 4. The van der Waals surface area contributed by atoms with E-state index in [1.165, 1.54) is 22.6 Å². The number of rotatable bonds is 9. The molecule has 0 unspecified atom stereocenters. The van der Waals surface area contributed by atoms with Crippen molar-refractivity contribution in [1.82, 2.24) is 24.6 Å². The molecule has 0 saturated carbocycles. The van der Waals surface area contributed by atoms with Crippen molar-refractivity contribution < 1.29 is 17.2 Å². The van der Waals surface area contributed by atoms with E-state index in [0.29, 0.717) is 61.2 Å². The maximum absolute atomic E-state index is 14.0. The van der Waals surface area contributed by atoms with Crippen LogP contribution in [0.5, 0.6) is 0 Å². The number of pyridine rings is 1. The van der Waals surface area contributed by atoms with Gasteiger partial charge in [-0.3, -0.25) is 0 Å². The van der Waals surface area contributed by atoms with E-state index in [9.17, 15) is 17.2 Å². The average molecular weight is 566 g/mol. The molecule has 40 heavy (non-hydrogen) atoms. The van der Waals surface area contributed by atoms with Crippen LogP contribution < -0.4 is 16.0 Å². The van der Waals surface area contributed by atoms with E-state index in [-0.39, 0.29) is 16.8 Å². The van der Waals surface area contributed by atoms with Gasteiger partial charge in [-0.15, -0.1) is 0 Å². The standard InChI is InChI=1S/C28H29F2N7O2S/c1-19-10-14-31-27(30)25(19)18-33-21-12-16-37(17-13-21)40(38,39)24-8-6-23(7-9-24)35-28-32-15-11-26(36-28)34-22-4-2-20(29)3-5-22/h2-11,14-15,21,33H,12-13,16-18H2,1H3,(H2,32,34,35,36). The summed E-state index contributed by atoms with van der Waals surface area (Å²) < 4.78 is 55.1. The van der Waals surface area contributed by atoms with Gasteiger partial charge in [-0.25, -0.2) is 22.8 Å². The Morgan fingerprint density at radius 2 is 1.52 bits per heavy atom. The third-order valence-corrected chi connectivity index (χ3v) is 8.69. The topological polar surface area (TPSA) is 112 Å². The summed E-state index contributed by atoms with van der Waals surface area (Å²) in [7, 11) is -3.66. The largest absolute Gasteiger partial charge is 0.340 e. The number of aromatic nitrogens is 3. The zero-order chi connectivity index (χ0) is 28.1. The predicted octanol–water partition coefficient (Wildman–Crippen LogP) is 4.89. The Morgan fingerprint density at radius 1 is 0.875 bits per heavy atom. The molecule has 9 nitrogen and oxygen atoms in total. The van der Waals surface area contributed by atoms with Gasteiger partial charge >= 0.3 is 0 Å². The molecule has 0 spiro atoms. The average Bonchev–Trinajstić information content (AvgIpc) is 2.95. The molecule has 0 aliphatic carbocycles. The first-order valence-corrected chi connectivity index (χ1v) is 14.3. The third kappa shape index (κ3) is 6.58. The minimum atomic E-state index is -3.66. The van der Waals surface area contributed by atoms with Crippen molar-refractivity contribution in [2.45, 2.75) is 37.2 Å². The van der Waals surface area contributed by atoms with E-state index in [0.717, 1.165) is 5.56 Å². The van der Waals surface area contributed by atoms with E-state index >= 15 is 0 Å². The molecule has 1 saturated heterocycles. The molecule has 0 atom stereocenters. The van der Waals surface area contributed by atoms with Gasteiger partial charge in [0.05, 0.1) is 4.90 Å². The molecule has 0 amide bonds. The van der Waals surface area contributed by atoms with Crippen LogP contribution in [0.4, 0.5) is 31.9 Å². The minimum Gasteiger partial charge on any atom is -0.340 e. The number of nitrogens with zero attached hydrogens (tertiary/aromatic N) is 4. The van der Waals surface area contributed by atoms with Crippen molar-refractivity contribution in [3.05, 3.63) is 95.9 Å². The van der Waals surface area contributed by atoms with Crippen LogP contribution in [0.2, 0.25) is 0 Å². The van der Waals surface area contributed by atoms with Gasteiger partial charge in [0.15, 0.2) is 0 Å². The van der Waals surface area contributed by atoms with E-state index in [4.69, 9.17) is 0 Å². The highest BCUT2D eigenvalue weighted by Crippen LogP contribution is 2.24. The maximum Gasteiger partial charge on any atom is 0.243 e. The lowest BCUT2D eigenvalue weighted by atomic mass is 10.1. The Labute approximate surface area is 231 Å². The van der Waals surface area contributed by atoms with Crippen LogP contribution in [0.25, 0.3) is 0 Å². The molecule has 2 aromatic heterocycles. The lowest BCUT2D eigenvalue weighted by molar-refractivity contribution is 0.287. The molecule has 1 aliphatic rings. The summed E-state index contributed by atoms with van der Waals surface area (Å²) in [5.41, 5.74) is 2.67. The van der Waals surface area contributed by atoms with Gasteiger partial charge in [-0.2, -0.15) is 13.7 Å². The first-order chi connectivity index (χ1) is 19.3. The fraction of sp³-hybridized carbons (Fsp3) is 0.250. The summed E-state index contributed by atoms with van der Waals surface area (Å²) >= 11 is 0. The summed E-state index contributed by atoms with van der Waals surface area (Å²) in [5, 5.41) is 9.49. The Kier molecular flexibility index (Phi) is 8.29. The Bertz CT molecular complexity index is 1540. The number of nitrogens with one attached hydrogen (secondary N) is 3.